The Morgan fingerprint density at radius 1 is 1.06 bits per heavy atom. The molecule has 0 heterocycles. The number of carbonyl (C=O) groups excluding carboxylic acids is 2. The second-order valence-electron chi connectivity index (χ2n) is 7.02. The van der Waals surface area contributed by atoms with Crippen LogP contribution in [0.5, 0.6) is 17.2 Å². The maximum absolute atomic E-state index is 12.0. The number of hydrogen-bond acceptors (Lipinski definition) is 6. The topological polar surface area (TPSA) is 89.5 Å². The van der Waals surface area contributed by atoms with Gasteiger partial charge in [0.15, 0.2) is 24.7 Å². The summed E-state index contributed by atoms with van der Waals surface area (Å²) < 4.78 is 17.0. The standard InChI is InChI=1S/C22H26BrN3O5/c1-14-6-15(2)8-17(7-14)30-12-20(27)25-24-11-16-9-18(23)22(19(10-16)29-5)31-13-21(28)26(3)4/h6-11H,12-13H2,1-5H3,(H,25,27). The molecule has 0 unspecified atom stereocenters. The lowest BCUT2D eigenvalue weighted by atomic mass is 10.1. The Kier molecular flexibility index (Phi) is 8.87. The number of hydrogen-bond donors (Lipinski definition) is 1. The van der Waals surface area contributed by atoms with Crippen LogP contribution in [-0.4, -0.2) is 57.3 Å². The Morgan fingerprint density at radius 3 is 2.35 bits per heavy atom. The van der Waals surface area contributed by atoms with Crippen molar-refractivity contribution in [3.8, 4) is 17.2 Å². The summed E-state index contributed by atoms with van der Waals surface area (Å²) in [5, 5.41) is 3.95. The van der Waals surface area contributed by atoms with Crippen LogP contribution in [0.3, 0.4) is 0 Å². The third-order valence-electron chi connectivity index (χ3n) is 4.06. The van der Waals surface area contributed by atoms with E-state index in [4.69, 9.17) is 14.2 Å². The van der Waals surface area contributed by atoms with Crippen LogP contribution in [-0.2, 0) is 9.59 Å². The first-order valence-electron chi connectivity index (χ1n) is 9.43. The first-order valence-corrected chi connectivity index (χ1v) is 10.2. The van der Waals surface area contributed by atoms with E-state index in [1.807, 2.05) is 32.0 Å². The summed E-state index contributed by atoms with van der Waals surface area (Å²) in [6.07, 6.45) is 1.47. The van der Waals surface area contributed by atoms with E-state index in [-0.39, 0.29) is 25.0 Å². The minimum atomic E-state index is -0.386. The third-order valence-corrected chi connectivity index (χ3v) is 4.65. The zero-order chi connectivity index (χ0) is 23.0. The van der Waals surface area contributed by atoms with E-state index >= 15 is 0 Å². The maximum Gasteiger partial charge on any atom is 0.277 e. The molecular formula is C22H26BrN3O5. The molecule has 2 rings (SSSR count). The molecule has 2 amide bonds. The number of hydrazone groups is 1. The largest absolute Gasteiger partial charge is 0.493 e. The molecule has 0 radical (unpaired) electrons. The highest BCUT2D eigenvalue weighted by Crippen LogP contribution is 2.36. The van der Waals surface area contributed by atoms with Gasteiger partial charge in [0.05, 0.1) is 17.8 Å². The maximum atomic E-state index is 12.0. The Bertz CT molecular complexity index is 956. The van der Waals surface area contributed by atoms with E-state index in [0.29, 0.717) is 27.3 Å². The molecule has 0 saturated carbocycles. The Labute approximate surface area is 190 Å². The number of benzene rings is 2. The van der Waals surface area contributed by atoms with Crippen LogP contribution in [0.2, 0.25) is 0 Å². The molecular weight excluding hydrogens is 466 g/mol. The van der Waals surface area contributed by atoms with E-state index in [1.165, 1.54) is 18.2 Å². The summed E-state index contributed by atoms with van der Waals surface area (Å²) in [7, 11) is 4.80. The van der Waals surface area contributed by atoms with Crippen molar-refractivity contribution in [3.63, 3.8) is 0 Å². The summed E-state index contributed by atoms with van der Waals surface area (Å²) >= 11 is 3.41. The lowest BCUT2D eigenvalue weighted by Gasteiger charge is -2.15. The van der Waals surface area contributed by atoms with E-state index in [0.717, 1.165) is 11.1 Å². The van der Waals surface area contributed by atoms with Crippen molar-refractivity contribution in [3.05, 3.63) is 51.5 Å². The molecule has 166 valence electrons. The highest BCUT2D eigenvalue weighted by molar-refractivity contribution is 9.10. The number of halogens is 1. The van der Waals surface area contributed by atoms with E-state index in [1.54, 1.807) is 26.2 Å². The van der Waals surface area contributed by atoms with Gasteiger partial charge in [0.1, 0.15) is 5.75 Å². The number of aryl methyl sites for hydroxylation is 2. The average molecular weight is 492 g/mol. The fourth-order valence-electron chi connectivity index (χ4n) is 2.59. The summed E-state index contributed by atoms with van der Waals surface area (Å²) in [5.74, 6) is 0.898. The molecule has 0 aliphatic rings. The van der Waals surface area contributed by atoms with Crippen molar-refractivity contribution < 1.29 is 23.8 Å². The molecule has 2 aromatic rings. The molecule has 0 atom stereocenters. The molecule has 0 bridgehead atoms. The number of nitrogens with zero attached hydrogens (tertiary/aromatic N) is 2. The lowest BCUT2D eigenvalue weighted by Crippen LogP contribution is -2.27. The van der Waals surface area contributed by atoms with Crippen LogP contribution in [0.4, 0.5) is 0 Å². The summed E-state index contributed by atoms with van der Waals surface area (Å²) in [6, 6.07) is 9.17. The zero-order valence-electron chi connectivity index (χ0n) is 18.2. The van der Waals surface area contributed by atoms with Crippen LogP contribution in [0.25, 0.3) is 0 Å². The fourth-order valence-corrected chi connectivity index (χ4v) is 3.17. The minimum Gasteiger partial charge on any atom is -0.493 e. The van der Waals surface area contributed by atoms with Crippen molar-refractivity contribution in [2.24, 2.45) is 5.10 Å². The van der Waals surface area contributed by atoms with Crippen LogP contribution in [0.1, 0.15) is 16.7 Å². The number of methoxy groups -OCH3 is 1. The highest BCUT2D eigenvalue weighted by atomic mass is 79.9. The Morgan fingerprint density at radius 2 is 1.74 bits per heavy atom. The number of amides is 2. The summed E-state index contributed by atoms with van der Waals surface area (Å²) in [5.41, 5.74) is 5.20. The van der Waals surface area contributed by atoms with Gasteiger partial charge in [-0.05, 0) is 70.7 Å². The van der Waals surface area contributed by atoms with Crippen molar-refractivity contribution in [2.45, 2.75) is 13.8 Å². The summed E-state index contributed by atoms with van der Waals surface area (Å²) in [4.78, 5) is 25.2. The van der Waals surface area contributed by atoms with Crippen molar-refractivity contribution >= 4 is 34.0 Å². The van der Waals surface area contributed by atoms with Crippen LogP contribution < -0.4 is 19.6 Å². The molecule has 31 heavy (non-hydrogen) atoms. The van der Waals surface area contributed by atoms with E-state index in [2.05, 4.69) is 26.5 Å². The van der Waals surface area contributed by atoms with Crippen molar-refractivity contribution in [1.29, 1.82) is 0 Å². The number of ether oxygens (including phenoxy) is 3. The van der Waals surface area contributed by atoms with Gasteiger partial charge in [-0.2, -0.15) is 5.10 Å². The molecule has 0 spiro atoms. The van der Waals surface area contributed by atoms with Gasteiger partial charge >= 0.3 is 0 Å². The molecule has 8 nitrogen and oxygen atoms in total. The van der Waals surface area contributed by atoms with Gasteiger partial charge in [-0.25, -0.2) is 5.43 Å². The van der Waals surface area contributed by atoms with Crippen LogP contribution in [0.15, 0.2) is 39.9 Å². The molecule has 1 N–H and O–H groups in total. The van der Waals surface area contributed by atoms with Crippen molar-refractivity contribution in [1.82, 2.24) is 10.3 Å². The number of likely N-dealkylation sites (N-methyl/N-ethyl adjacent to an activating group) is 1. The first-order chi connectivity index (χ1) is 14.7. The van der Waals surface area contributed by atoms with Gasteiger partial charge in [-0.15, -0.1) is 0 Å². The quantitative estimate of drug-likeness (QED) is 0.430. The van der Waals surface area contributed by atoms with Gasteiger partial charge in [-0.1, -0.05) is 6.07 Å². The molecule has 0 aromatic heterocycles. The van der Waals surface area contributed by atoms with Gasteiger partial charge in [0.2, 0.25) is 0 Å². The molecule has 2 aromatic carbocycles. The zero-order valence-corrected chi connectivity index (χ0v) is 19.8. The highest BCUT2D eigenvalue weighted by Gasteiger charge is 2.14. The van der Waals surface area contributed by atoms with Gasteiger partial charge < -0.3 is 19.1 Å². The minimum absolute atomic E-state index is 0.119. The van der Waals surface area contributed by atoms with Gasteiger partial charge in [0.25, 0.3) is 11.8 Å². The Balaban J connectivity index is 1.96. The number of carbonyl (C=O) groups is 2. The molecule has 9 heteroatoms. The monoisotopic (exact) mass is 491 g/mol. The third kappa shape index (κ3) is 7.60. The number of rotatable bonds is 9. The summed E-state index contributed by atoms with van der Waals surface area (Å²) in [6.45, 7) is 3.66. The lowest BCUT2D eigenvalue weighted by molar-refractivity contribution is -0.130. The second kappa shape index (κ2) is 11.4. The van der Waals surface area contributed by atoms with Crippen LogP contribution in [0, 0.1) is 13.8 Å². The van der Waals surface area contributed by atoms with E-state index < -0.39 is 0 Å². The van der Waals surface area contributed by atoms with Crippen LogP contribution >= 0.6 is 15.9 Å². The predicted molar refractivity (Wildman–Crippen MR) is 122 cm³/mol. The predicted octanol–water partition coefficient (Wildman–Crippen LogP) is 3.07. The fraction of sp³-hybridized carbons (Fsp3) is 0.318. The van der Waals surface area contributed by atoms with E-state index in [9.17, 15) is 9.59 Å². The smallest absolute Gasteiger partial charge is 0.277 e. The SMILES string of the molecule is COc1cc(C=NNC(=O)COc2cc(C)cc(C)c2)cc(Br)c1OCC(=O)N(C)C. The molecule has 0 aliphatic heterocycles. The average Bonchev–Trinajstić information content (AvgIpc) is 2.70. The number of nitrogens with one attached hydrogen (secondary N) is 1. The van der Waals surface area contributed by atoms with Crippen molar-refractivity contribution in [2.75, 3.05) is 34.4 Å². The van der Waals surface area contributed by atoms with Gasteiger partial charge in [0, 0.05) is 14.1 Å². The second-order valence-corrected chi connectivity index (χ2v) is 7.87. The molecule has 0 fully saturated rings. The first kappa shape index (κ1) is 24.2. The van der Waals surface area contributed by atoms with Gasteiger partial charge in [-0.3, -0.25) is 9.59 Å². The Hall–Kier alpha value is -3.07. The normalized spacial score (nSPS) is 10.6. The molecule has 0 saturated heterocycles. The molecule has 0 aliphatic carbocycles.